The highest BCUT2D eigenvalue weighted by Gasteiger charge is 2.15. The minimum Gasteiger partial charge on any atom is -0.363 e. The lowest BCUT2D eigenvalue weighted by Gasteiger charge is -2.00. The van der Waals surface area contributed by atoms with Gasteiger partial charge in [0.2, 0.25) is 10.1 Å². The molecule has 0 unspecified atom stereocenters. The molecule has 0 radical (unpaired) electrons. The molecule has 1 amide bonds. The first-order chi connectivity index (χ1) is 8.63. The third-order valence-electron chi connectivity index (χ3n) is 2.32. The molecule has 0 aliphatic heterocycles. The highest BCUT2D eigenvalue weighted by atomic mass is 32.1. The molecule has 0 aliphatic rings. The fourth-order valence-electron chi connectivity index (χ4n) is 1.49. The van der Waals surface area contributed by atoms with Gasteiger partial charge in [-0.1, -0.05) is 18.3 Å². The molecule has 0 aliphatic carbocycles. The van der Waals surface area contributed by atoms with Crippen molar-refractivity contribution in [1.29, 1.82) is 0 Å². The lowest BCUT2D eigenvalue weighted by Crippen LogP contribution is -2.12. The highest BCUT2D eigenvalue weighted by Crippen LogP contribution is 2.18. The van der Waals surface area contributed by atoms with E-state index >= 15 is 0 Å². The Hall–Kier alpha value is -1.96. The van der Waals surface area contributed by atoms with Crippen molar-refractivity contribution >= 4 is 28.1 Å². The van der Waals surface area contributed by atoms with E-state index in [0.717, 1.165) is 12.1 Å². The van der Waals surface area contributed by atoms with Crippen molar-refractivity contribution in [3.8, 4) is 0 Å². The number of anilines is 2. The Morgan fingerprint density at radius 2 is 2.28 bits per heavy atom. The van der Waals surface area contributed by atoms with Gasteiger partial charge in [0.05, 0.1) is 11.4 Å². The number of carbonyl (C=O) groups is 1. The van der Waals surface area contributed by atoms with Crippen molar-refractivity contribution in [2.75, 3.05) is 17.7 Å². The predicted octanol–water partition coefficient (Wildman–Crippen LogP) is 1.13. The van der Waals surface area contributed by atoms with Gasteiger partial charge in [0.15, 0.2) is 0 Å². The summed E-state index contributed by atoms with van der Waals surface area (Å²) in [6.07, 6.45) is 2.53. The van der Waals surface area contributed by atoms with Crippen molar-refractivity contribution in [2.45, 2.75) is 13.3 Å². The van der Waals surface area contributed by atoms with Crippen molar-refractivity contribution in [3.05, 3.63) is 16.9 Å². The molecule has 0 fully saturated rings. The Kier molecular flexibility index (Phi) is 3.56. The van der Waals surface area contributed by atoms with Gasteiger partial charge in [0, 0.05) is 20.3 Å². The minimum absolute atomic E-state index is 0.267. The van der Waals surface area contributed by atoms with Crippen LogP contribution in [0.25, 0.3) is 0 Å². The maximum Gasteiger partial charge on any atom is 0.286 e. The lowest BCUT2D eigenvalue weighted by molar-refractivity contribution is 0.102. The Morgan fingerprint density at radius 3 is 2.89 bits per heavy atom. The molecule has 0 saturated carbocycles. The molecule has 8 heteroatoms. The van der Waals surface area contributed by atoms with Crippen LogP contribution in [-0.4, -0.2) is 32.9 Å². The van der Waals surface area contributed by atoms with Crippen LogP contribution in [0, 0.1) is 0 Å². The van der Waals surface area contributed by atoms with Gasteiger partial charge in [-0.3, -0.25) is 9.48 Å². The normalized spacial score (nSPS) is 10.4. The van der Waals surface area contributed by atoms with Crippen molar-refractivity contribution in [2.24, 2.45) is 7.05 Å². The van der Waals surface area contributed by atoms with Crippen LogP contribution in [0.1, 0.15) is 22.4 Å². The molecule has 2 aromatic rings. The van der Waals surface area contributed by atoms with Gasteiger partial charge in [0.25, 0.3) is 5.91 Å². The van der Waals surface area contributed by atoms with E-state index in [0.29, 0.717) is 15.8 Å². The van der Waals surface area contributed by atoms with Crippen LogP contribution in [0.2, 0.25) is 0 Å². The standard InChI is InChI=1S/C10H14N6OS/c1-4-6-7(5-16(3)15-6)12-8(17)9-13-14-10(11-2)18-9/h5H,4H2,1-3H3,(H,11,14)(H,12,17). The second kappa shape index (κ2) is 5.13. The second-order valence-electron chi connectivity index (χ2n) is 3.63. The number of rotatable bonds is 4. The second-order valence-corrected chi connectivity index (χ2v) is 4.61. The zero-order chi connectivity index (χ0) is 13.1. The SMILES string of the molecule is CCc1nn(C)cc1NC(=O)c1nnc(NC)s1. The summed E-state index contributed by atoms with van der Waals surface area (Å²) in [6.45, 7) is 1.99. The zero-order valence-electron chi connectivity index (χ0n) is 10.4. The van der Waals surface area contributed by atoms with Gasteiger partial charge in [-0.2, -0.15) is 5.10 Å². The zero-order valence-corrected chi connectivity index (χ0v) is 11.2. The van der Waals surface area contributed by atoms with Crippen molar-refractivity contribution < 1.29 is 4.79 Å². The summed E-state index contributed by atoms with van der Waals surface area (Å²) in [6, 6.07) is 0. The largest absolute Gasteiger partial charge is 0.363 e. The summed E-state index contributed by atoms with van der Waals surface area (Å²) in [5.74, 6) is -0.267. The van der Waals surface area contributed by atoms with E-state index in [1.807, 2.05) is 14.0 Å². The Labute approximate surface area is 108 Å². The van der Waals surface area contributed by atoms with Gasteiger partial charge >= 0.3 is 0 Å². The lowest BCUT2D eigenvalue weighted by atomic mass is 10.3. The van der Waals surface area contributed by atoms with Crippen molar-refractivity contribution in [3.63, 3.8) is 0 Å². The van der Waals surface area contributed by atoms with Crippen LogP contribution in [-0.2, 0) is 13.5 Å². The number of hydrogen-bond acceptors (Lipinski definition) is 6. The minimum atomic E-state index is -0.267. The summed E-state index contributed by atoms with van der Waals surface area (Å²) in [5.41, 5.74) is 1.57. The van der Waals surface area contributed by atoms with Crippen LogP contribution < -0.4 is 10.6 Å². The van der Waals surface area contributed by atoms with Crippen LogP contribution in [0.15, 0.2) is 6.20 Å². The number of amides is 1. The molecule has 0 saturated heterocycles. The number of carbonyl (C=O) groups excluding carboxylic acids is 1. The molecule has 0 aromatic carbocycles. The quantitative estimate of drug-likeness (QED) is 0.866. The summed E-state index contributed by atoms with van der Waals surface area (Å²) in [5, 5.41) is 18.5. The van der Waals surface area contributed by atoms with Gasteiger partial charge in [-0.05, 0) is 6.42 Å². The maximum absolute atomic E-state index is 12.0. The van der Waals surface area contributed by atoms with E-state index in [1.54, 1.807) is 17.9 Å². The average molecular weight is 266 g/mol. The molecule has 7 nitrogen and oxygen atoms in total. The van der Waals surface area contributed by atoms with Crippen LogP contribution in [0.3, 0.4) is 0 Å². The van der Waals surface area contributed by atoms with Crippen LogP contribution in [0.4, 0.5) is 10.8 Å². The van der Waals surface area contributed by atoms with E-state index in [4.69, 9.17) is 0 Å². The van der Waals surface area contributed by atoms with Gasteiger partial charge in [-0.25, -0.2) is 0 Å². The average Bonchev–Trinajstić information content (AvgIpc) is 2.95. The molecule has 2 heterocycles. The number of nitrogens with one attached hydrogen (secondary N) is 2. The smallest absolute Gasteiger partial charge is 0.286 e. The van der Waals surface area contributed by atoms with E-state index in [-0.39, 0.29) is 5.91 Å². The summed E-state index contributed by atoms with van der Waals surface area (Å²) >= 11 is 1.21. The van der Waals surface area contributed by atoms with Gasteiger partial charge in [0.1, 0.15) is 0 Å². The Bertz CT molecular complexity index is 560. The van der Waals surface area contributed by atoms with Crippen molar-refractivity contribution in [1.82, 2.24) is 20.0 Å². The van der Waals surface area contributed by atoms with Crippen LogP contribution in [0.5, 0.6) is 0 Å². The summed E-state index contributed by atoms with van der Waals surface area (Å²) in [7, 11) is 3.55. The number of aryl methyl sites for hydroxylation is 2. The fraction of sp³-hybridized carbons (Fsp3) is 0.400. The van der Waals surface area contributed by atoms with E-state index in [1.165, 1.54) is 11.3 Å². The van der Waals surface area contributed by atoms with E-state index in [2.05, 4.69) is 25.9 Å². The predicted molar refractivity (Wildman–Crippen MR) is 70.0 cm³/mol. The van der Waals surface area contributed by atoms with Gasteiger partial charge < -0.3 is 10.6 Å². The molecule has 2 aromatic heterocycles. The first-order valence-corrected chi connectivity index (χ1v) is 6.30. The molecule has 0 atom stereocenters. The molecule has 18 heavy (non-hydrogen) atoms. The molecular weight excluding hydrogens is 252 g/mol. The number of hydrogen-bond donors (Lipinski definition) is 2. The number of aromatic nitrogens is 4. The third-order valence-corrected chi connectivity index (χ3v) is 3.26. The highest BCUT2D eigenvalue weighted by molar-refractivity contribution is 7.17. The monoisotopic (exact) mass is 266 g/mol. The molecule has 2 rings (SSSR count). The Balaban J connectivity index is 2.15. The molecule has 0 spiro atoms. The van der Waals surface area contributed by atoms with E-state index < -0.39 is 0 Å². The number of nitrogens with zero attached hydrogens (tertiary/aromatic N) is 4. The van der Waals surface area contributed by atoms with Crippen LogP contribution >= 0.6 is 11.3 Å². The van der Waals surface area contributed by atoms with E-state index in [9.17, 15) is 4.79 Å². The first-order valence-electron chi connectivity index (χ1n) is 5.49. The summed E-state index contributed by atoms with van der Waals surface area (Å²) < 4.78 is 1.67. The third kappa shape index (κ3) is 2.48. The van der Waals surface area contributed by atoms with Gasteiger partial charge in [-0.15, -0.1) is 10.2 Å². The summed E-state index contributed by atoms with van der Waals surface area (Å²) in [4.78, 5) is 12.0. The first kappa shape index (κ1) is 12.5. The maximum atomic E-state index is 12.0. The molecule has 96 valence electrons. The molecular formula is C10H14N6OS. The fourth-order valence-corrected chi connectivity index (χ4v) is 2.08. The topological polar surface area (TPSA) is 84.7 Å². The Morgan fingerprint density at radius 1 is 1.50 bits per heavy atom. The molecule has 0 bridgehead atoms. The molecule has 2 N–H and O–H groups in total.